The van der Waals surface area contributed by atoms with Gasteiger partial charge in [-0.2, -0.15) is 0 Å². The first-order chi connectivity index (χ1) is 25.3. The van der Waals surface area contributed by atoms with Crippen LogP contribution in [0.25, 0.3) is 6.08 Å². The number of allylic oxidation sites excluding steroid dienone is 13. The second-order valence-corrected chi connectivity index (χ2v) is 16.7. The molecule has 4 heterocycles. The minimum Gasteiger partial charge on any atom is -0.490 e. The molecule has 260 valence electrons. The molecule has 2 saturated heterocycles. The minimum atomic E-state index is 0.0314. The van der Waals surface area contributed by atoms with E-state index in [2.05, 4.69) is 107 Å². The molecule has 1 spiro atoms. The summed E-state index contributed by atoms with van der Waals surface area (Å²) >= 11 is 0. The third-order valence-electron chi connectivity index (χ3n) is 14.4. The molecule has 2 fully saturated rings. The van der Waals surface area contributed by atoms with Gasteiger partial charge in [0.15, 0.2) is 0 Å². The van der Waals surface area contributed by atoms with Crippen molar-refractivity contribution >= 4 is 12.3 Å². The third kappa shape index (κ3) is 4.57. The Labute approximate surface area is 303 Å². The average Bonchev–Trinajstić information content (AvgIpc) is 3.85. The fourth-order valence-corrected chi connectivity index (χ4v) is 12.5. The quantitative estimate of drug-likeness (QED) is 0.299. The van der Waals surface area contributed by atoms with Crippen LogP contribution in [0, 0.1) is 29.1 Å². The van der Waals surface area contributed by atoms with E-state index in [-0.39, 0.29) is 23.7 Å². The summed E-state index contributed by atoms with van der Waals surface area (Å²) < 4.78 is 17.1. The Hall–Kier alpha value is -3.89. The number of aromatic nitrogens is 1. The molecule has 11 rings (SSSR count). The Morgan fingerprint density at radius 1 is 0.765 bits per heavy atom. The van der Waals surface area contributed by atoms with E-state index < -0.39 is 0 Å². The van der Waals surface area contributed by atoms with Crippen LogP contribution >= 0.6 is 0 Å². The van der Waals surface area contributed by atoms with Crippen LogP contribution in [-0.2, 0) is 22.3 Å². The maximum absolute atomic E-state index is 7.27. The number of ether oxygens (including phenoxy) is 2. The summed E-state index contributed by atoms with van der Waals surface area (Å²) in [6.07, 6.45) is 54.2. The lowest BCUT2D eigenvalue weighted by Gasteiger charge is -2.65. The predicted octanol–water partition coefficient (Wildman–Crippen LogP) is 9.96. The van der Waals surface area contributed by atoms with Crippen LogP contribution in [0.2, 0.25) is 0 Å². The van der Waals surface area contributed by atoms with Crippen molar-refractivity contribution in [2.24, 2.45) is 34.1 Å². The van der Waals surface area contributed by atoms with E-state index in [1.165, 1.54) is 73.1 Å². The average molecular weight is 675 g/mol. The predicted molar refractivity (Wildman–Crippen MR) is 206 cm³/mol. The molecule has 0 amide bonds. The summed E-state index contributed by atoms with van der Waals surface area (Å²) in [6.45, 7) is 0.782. The van der Waals surface area contributed by atoms with Crippen molar-refractivity contribution in [3.63, 3.8) is 0 Å². The Morgan fingerprint density at radius 2 is 1.71 bits per heavy atom. The van der Waals surface area contributed by atoms with Gasteiger partial charge in [0.2, 0.25) is 0 Å². The molecule has 10 unspecified atom stereocenters. The lowest BCUT2D eigenvalue weighted by atomic mass is 9.44. The molecule has 4 nitrogen and oxygen atoms in total. The third-order valence-corrected chi connectivity index (χ3v) is 14.4. The van der Waals surface area contributed by atoms with Gasteiger partial charge in [0.1, 0.15) is 6.10 Å². The second kappa shape index (κ2) is 12.1. The Bertz CT molecular complexity index is 1990. The van der Waals surface area contributed by atoms with Crippen molar-refractivity contribution in [3.8, 4) is 0 Å². The van der Waals surface area contributed by atoms with Crippen LogP contribution in [0.3, 0.4) is 0 Å². The molecule has 7 aliphatic carbocycles. The van der Waals surface area contributed by atoms with Crippen molar-refractivity contribution < 1.29 is 9.47 Å². The number of fused-ring (bicyclic) bond motifs is 11. The topological polar surface area (TPSA) is 35.8 Å². The standard InChI is InChI=1S/C47H50N2O2/c1-2-11-33(12-3-1)49-40-17-7-4-13-35(40)46-34(14-10-18-41(46)49)31-22-24-39-45(28-31)51-43-20-9-6-16-37(43)47(39)36-15-5-8-19-42(36)50-44-27-30(21-23-38(44)47)32-25-26-48-29-32/h1-3,8,10-11,18-25,27-29,33-34,36-39,42,44-45H,4-7,9,12-17,26H2. The van der Waals surface area contributed by atoms with Crippen LogP contribution in [0.15, 0.2) is 119 Å². The summed E-state index contributed by atoms with van der Waals surface area (Å²) in [6, 6.07) is 0.417. The molecule has 10 aliphatic rings. The molecule has 0 bridgehead atoms. The summed E-state index contributed by atoms with van der Waals surface area (Å²) in [7, 11) is 0. The highest BCUT2D eigenvalue weighted by molar-refractivity contribution is 5.88. The molecular weight excluding hydrogens is 625 g/mol. The first-order valence-corrected chi connectivity index (χ1v) is 20.2. The van der Waals surface area contributed by atoms with Crippen molar-refractivity contribution in [2.45, 2.75) is 101 Å². The molecule has 0 radical (unpaired) electrons. The fourth-order valence-electron chi connectivity index (χ4n) is 12.5. The van der Waals surface area contributed by atoms with E-state index >= 15 is 0 Å². The maximum Gasteiger partial charge on any atom is 0.124 e. The summed E-state index contributed by atoms with van der Waals surface area (Å²) in [5.74, 6) is 3.14. The summed E-state index contributed by atoms with van der Waals surface area (Å²) in [5.41, 5.74) is 10.4. The van der Waals surface area contributed by atoms with Gasteiger partial charge in [-0.25, -0.2) is 0 Å². The highest BCUT2D eigenvalue weighted by atomic mass is 16.5. The minimum absolute atomic E-state index is 0.0314. The molecular formula is C47H50N2O2. The van der Waals surface area contributed by atoms with E-state index in [0.29, 0.717) is 35.6 Å². The summed E-state index contributed by atoms with van der Waals surface area (Å²) in [4.78, 5) is 4.51. The van der Waals surface area contributed by atoms with Crippen LogP contribution in [0.1, 0.15) is 92.3 Å². The van der Waals surface area contributed by atoms with Gasteiger partial charge in [-0.05, 0) is 129 Å². The zero-order valence-electron chi connectivity index (χ0n) is 29.7. The number of hydrogen-bond acceptors (Lipinski definition) is 3. The van der Waals surface area contributed by atoms with Gasteiger partial charge in [0.25, 0.3) is 0 Å². The molecule has 0 N–H and O–H groups in total. The molecule has 1 aromatic heterocycles. The van der Waals surface area contributed by atoms with E-state index in [1.807, 2.05) is 6.21 Å². The molecule has 3 aliphatic heterocycles. The van der Waals surface area contributed by atoms with Crippen molar-refractivity contribution in [3.05, 3.63) is 136 Å². The SMILES string of the molecule is C1=CCC(n2c3c(c4c2CCCC4)C(C2=CC4OC5=CCCCC5C5(C4C=C2)C2C=CC(C4=CCN=C4)=CC2OC2C=CCCC25)CC=C3)C=C1. The number of hydrogen-bond donors (Lipinski definition) is 0. The number of rotatable bonds is 3. The molecule has 10 atom stereocenters. The Kier molecular flexibility index (Phi) is 7.28. The second-order valence-electron chi connectivity index (χ2n) is 16.7. The molecule has 1 aromatic rings. The van der Waals surface area contributed by atoms with Gasteiger partial charge in [-0.3, -0.25) is 4.99 Å². The normalized spacial score (nSPS) is 39.5. The zero-order chi connectivity index (χ0) is 33.5. The van der Waals surface area contributed by atoms with Gasteiger partial charge in [0.05, 0.1) is 30.6 Å². The maximum atomic E-state index is 7.27. The van der Waals surface area contributed by atoms with Crippen molar-refractivity contribution in [2.75, 3.05) is 6.54 Å². The summed E-state index contributed by atoms with van der Waals surface area (Å²) in [5, 5.41) is 0. The number of aliphatic imine (C=N–C) groups is 1. The largest absolute Gasteiger partial charge is 0.490 e. The van der Waals surface area contributed by atoms with E-state index in [0.717, 1.165) is 32.2 Å². The van der Waals surface area contributed by atoms with Gasteiger partial charge in [0, 0.05) is 46.7 Å². The molecule has 51 heavy (non-hydrogen) atoms. The van der Waals surface area contributed by atoms with Crippen LogP contribution < -0.4 is 0 Å². The first kappa shape index (κ1) is 30.7. The van der Waals surface area contributed by atoms with Crippen LogP contribution in [-0.4, -0.2) is 35.6 Å². The van der Waals surface area contributed by atoms with E-state index in [4.69, 9.17) is 9.47 Å². The Morgan fingerprint density at radius 3 is 2.63 bits per heavy atom. The van der Waals surface area contributed by atoms with Crippen LogP contribution in [0.4, 0.5) is 0 Å². The number of nitrogens with zero attached hydrogens (tertiary/aromatic N) is 2. The first-order valence-electron chi connectivity index (χ1n) is 20.2. The lowest BCUT2D eigenvalue weighted by molar-refractivity contribution is -0.218. The van der Waals surface area contributed by atoms with Crippen LogP contribution in [0.5, 0.6) is 0 Å². The molecule has 0 saturated carbocycles. The molecule has 0 aromatic carbocycles. The highest BCUT2D eigenvalue weighted by Crippen LogP contribution is 2.67. The smallest absolute Gasteiger partial charge is 0.124 e. The monoisotopic (exact) mass is 674 g/mol. The van der Waals surface area contributed by atoms with Gasteiger partial charge >= 0.3 is 0 Å². The highest BCUT2D eigenvalue weighted by Gasteiger charge is 2.66. The zero-order valence-corrected chi connectivity index (χ0v) is 29.7. The Balaban J connectivity index is 1.02. The van der Waals surface area contributed by atoms with Gasteiger partial charge in [-0.15, -0.1) is 0 Å². The van der Waals surface area contributed by atoms with E-state index in [1.54, 1.807) is 16.8 Å². The molecule has 4 heteroatoms. The van der Waals surface area contributed by atoms with Gasteiger partial charge < -0.3 is 14.0 Å². The van der Waals surface area contributed by atoms with E-state index in [9.17, 15) is 0 Å². The van der Waals surface area contributed by atoms with Gasteiger partial charge in [-0.1, -0.05) is 72.9 Å². The van der Waals surface area contributed by atoms with Crippen molar-refractivity contribution in [1.29, 1.82) is 0 Å². The fraction of sp³-hybridized carbons (Fsp3) is 0.468. The lowest BCUT2D eigenvalue weighted by Crippen LogP contribution is -2.65. The van der Waals surface area contributed by atoms with Crippen molar-refractivity contribution in [1.82, 2.24) is 4.57 Å².